The number of hydrogen-bond donors (Lipinski definition) is 1. The molecule has 2 aromatic rings. The molecule has 0 aromatic heterocycles. The first kappa shape index (κ1) is 16.5. The number of hydrogen-bond acceptors (Lipinski definition) is 3. The Kier molecular flexibility index (Phi) is 6.37. The number of rotatable bonds is 7. The van der Waals surface area contributed by atoms with E-state index in [4.69, 9.17) is 32.7 Å². The second-order valence-corrected chi connectivity index (χ2v) is 5.27. The van der Waals surface area contributed by atoms with Crippen molar-refractivity contribution in [2.24, 2.45) is 0 Å². The summed E-state index contributed by atoms with van der Waals surface area (Å²) in [5.41, 5.74) is 0. The zero-order chi connectivity index (χ0) is 15.8. The molecule has 0 aliphatic carbocycles. The minimum Gasteiger partial charge on any atom is -0.492 e. The number of carbonyl (C=O) groups excluding carboxylic acids is 1. The lowest BCUT2D eigenvalue weighted by atomic mass is 10.3. The zero-order valence-corrected chi connectivity index (χ0v) is 13.2. The van der Waals surface area contributed by atoms with Gasteiger partial charge in [-0.1, -0.05) is 29.3 Å². The number of nitrogens with one attached hydrogen (secondary N) is 1. The van der Waals surface area contributed by atoms with E-state index in [-0.39, 0.29) is 12.5 Å². The van der Waals surface area contributed by atoms with Crippen LogP contribution in [-0.4, -0.2) is 25.7 Å². The lowest BCUT2D eigenvalue weighted by molar-refractivity contribution is -0.123. The molecule has 0 aliphatic rings. The van der Waals surface area contributed by atoms with Crippen LogP contribution >= 0.6 is 23.2 Å². The second kappa shape index (κ2) is 8.51. The van der Waals surface area contributed by atoms with E-state index in [1.54, 1.807) is 48.5 Å². The molecule has 2 rings (SSSR count). The number of ether oxygens (including phenoxy) is 2. The van der Waals surface area contributed by atoms with Crippen LogP contribution in [0.4, 0.5) is 0 Å². The van der Waals surface area contributed by atoms with E-state index in [1.165, 1.54) is 0 Å². The highest BCUT2D eigenvalue weighted by molar-refractivity contribution is 6.30. The Morgan fingerprint density at radius 1 is 0.955 bits per heavy atom. The smallest absolute Gasteiger partial charge is 0.258 e. The average Bonchev–Trinajstić information content (AvgIpc) is 2.51. The van der Waals surface area contributed by atoms with E-state index in [1.807, 2.05) is 0 Å². The van der Waals surface area contributed by atoms with Gasteiger partial charge in [0.25, 0.3) is 5.91 Å². The molecular weight excluding hydrogens is 325 g/mol. The summed E-state index contributed by atoms with van der Waals surface area (Å²) in [7, 11) is 0. The third-order valence-electron chi connectivity index (χ3n) is 2.67. The second-order valence-electron chi connectivity index (χ2n) is 4.40. The third-order valence-corrected chi connectivity index (χ3v) is 3.16. The molecule has 1 N–H and O–H groups in total. The topological polar surface area (TPSA) is 47.6 Å². The van der Waals surface area contributed by atoms with Crippen molar-refractivity contribution in [1.29, 1.82) is 0 Å². The first-order valence-electron chi connectivity index (χ1n) is 6.67. The average molecular weight is 340 g/mol. The normalized spacial score (nSPS) is 10.1. The van der Waals surface area contributed by atoms with E-state index in [2.05, 4.69) is 5.32 Å². The van der Waals surface area contributed by atoms with Crippen LogP contribution in [0.3, 0.4) is 0 Å². The molecule has 0 atom stereocenters. The highest BCUT2D eigenvalue weighted by Gasteiger charge is 2.03. The van der Waals surface area contributed by atoms with Crippen LogP contribution in [0, 0.1) is 0 Å². The van der Waals surface area contributed by atoms with Gasteiger partial charge >= 0.3 is 0 Å². The maximum Gasteiger partial charge on any atom is 0.258 e. The van der Waals surface area contributed by atoms with E-state index in [0.29, 0.717) is 34.7 Å². The number of carbonyl (C=O) groups is 1. The Morgan fingerprint density at radius 3 is 2.45 bits per heavy atom. The Balaban J connectivity index is 1.62. The van der Waals surface area contributed by atoms with Gasteiger partial charge in [-0.25, -0.2) is 0 Å². The summed E-state index contributed by atoms with van der Waals surface area (Å²) < 4.78 is 10.8. The predicted molar refractivity (Wildman–Crippen MR) is 86.9 cm³/mol. The standard InChI is InChI=1S/C16H15Cl2NO3/c17-12-4-6-14(7-5-12)21-9-8-19-16(20)11-22-15-3-1-2-13(18)10-15/h1-7,10H,8-9,11H2,(H,19,20). The fourth-order valence-corrected chi connectivity index (χ4v) is 1.95. The van der Waals surface area contributed by atoms with Gasteiger partial charge in [0.1, 0.15) is 18.1 Å². The number of halogens is 2. The largest absolute Gasteiger partial charge is 0.492 e. The van der Waals surface area contributed by atoms with Gasteiger partial charge in [-0.05, 0) is 42.5 Å². The van der Waals surface area contributed by atoms with E-state index in [9.17, 15) is 4.79 Å². The van der Waals surface area contributed by atoms with Crippen LogP contribution in [0.1, 0.15) is 0 Å². The summed E-state index contributed by atoms with van der Waals surface area (Å²) in [6.07, 6.45) is 0. The third kappa shape index (κ3) is 5.84. The van der Waals surface area contributed by atoms with Gasteiger partial charge in [0.15, 0.2) is 6.61 Å². The van der Waals surface area contributed by atoms with Crippen molar-refractivity contribution >= 4 is 29.1 Å². The summed E-state index contributed by atoms with van der Waals surface area (Å²) in [6, 6.07) is 13.9. The van der Waals surface area contributed by atoms with Gasteiger partial charge in [-0.2, -0.15) is 0 Å². The lowest BCUT2D eigenvalue weighted by Gasteiger charge is -2.09. The fraction of sp³-hybridized carbons (Fsp3) is 0.188. The van der Waals surface area contributed by atoms with Gasteiger partial charge in [0.05, 0.1) is 6.54 Å². The molecule has 0 fully saturated rings. The predicted octanol–water partition coefficient (Wildman–Crippen LogP) is 3.57. The first-order valence-corrected chi connectivity index (χ1v) is 7.42. The molecule has 22 heavy (non-hydrogen) atoms. The van der Waals surface area contributed by atoms with E-state index < -0.39 is 0 Å². The van der Waals surface area contributed by atoms with Gasteiger partial charge in [0, 0.05) is 10.0 Å². The van der Waals surface area contributed by atoms with Crippen LogP contribution in [0.15, 0.2) is 48.5 Å². The van der Waals surface area contributed by atoms with E-state index in [0.717, 1.165) is 0 Å². The SMILES string of the molecule is O=C(COc1cccc(Cl)c1)NCCOc1ccc(Cl)cc1. The van der Waals surface area contributed by atoms with Crippen molar-refractivity contribution in [2.45, 2.75) is 0 Å². The Labute approximate surface area is 138 Å². The summed E-state index contributed by atoms with van der Waals surface area (Å²) in [6.45, 7) is 0.687. The highest BCUT2D eigenvalue weighted by Crippen LogP contribution is 2.17. The first-order chi connectivity index (χ1) is 10.6. The molecule has 0 radical (unpaired) electrons. The van der Waals surface area contributed by atoms with Gasteiger partial charge < -0.3 is 14.8 Å². The number of amides is 1. The molecule has 4 nitrogen and oxygen atoms in total. The molecule has 0 spiro atoms. The number of benzene rings is 2. The molecule has 0 heterocycles. The summed E-state index contributed by atoms with van der Waals surface area (Å²) in [5, 5.41) is 3.92. The summed E-state index contributed by atoms with van der Waals surface area (Å²) in [4.78, 5) is 11.6. The molecule has 0 saturated heterocycles. The molecule has 1 amide bonds. The molecule has 0 saturated carbocycles. The zero-order valence-electron chi connectivity index (χ0n) is 11.7. The molecular formula is C16H15Cl2NO3. The molecule has 0 unspecified atom stereocenters. The summed E-state index contributed by atoms with van der Waals surface area (Å²) >= 11 is 11.6. The molecule has 0 aliphatic heterocycles. The molecule has 2 aromatic carbocycles. The van der Waals surface area contributed by atoms with Crippen molar-refractivity contribution < 1.29 is 14.3 Å². The molecule has 0 bridgehead atoms. The molecule has 6 heteroatoms. The van der Waals surface area contributed by atoms with Crippen molar-refractivity contribution in [3.63, 3.8) is 0 Å². The van der Waals surface area contributed by atoms with Crippen molar-refractivity contribution in [3.8, 4) is 11.5 Å². The van der Waals surface area contributed by atoms with Crippen molar-refractivity contribution in [3.05, 3.63) is 58.6 Å². The highest BCUT2D eigenvalue weighted by atomic mass is 35.5. The van der Waals surface area contributed by atoms with Crippen LogP contribution in [-0.2, 0) is 4.79 Å². The summed E-state index contributed by atoms with van der Waals surface area (Å²) in [5.74, 6) is 1.04. The monoisotopic (exact) mass is 339 g/mol. The maximum atomic E-state index is 11.6. The van der Waals surface area contributed by atoms with Gasteiger partial charge in [-0.15, -0.1) is 0 Å². The minimum atomic E-state index is -0.223. The Hall–Kier alpha value is -1.91. The van der Waals surface area contributed by atoms with Crippen LogP contribution in [0.2, 0.25) is 10.0 Å². The van der Waals surface area contributed by atoms with Gasteiger partial charge in [0.2, 0.25) is 0 Å². The quantitative estimate of drug-likeness (QED) is 0.784. The fourth-order valence-electron chi connectivity index (χ4n) is 1.65. The van der Waals surface area contributed by atoms with Crippen molar-refractivity contribution in [2.75, 3.05) is 19.8 Å². The van der Waals surface area contributed by atoms with Crippen LogP contribution in [0.5, 0.6) is 11.5 Å². The van der Waals surface area contributed by atoms with E-state index >= 15 is 0 Å². The Morgan fingerprint density at radius 2 is 1.73 bits per heavy atom. The molecule has 116 valence electrons. The maximum absolute atomic E-state index is 11.6. The lowest BCUT2D eigenvalue weighted by Crippen LogP contribution is -2.32. The van der Waals surface area contributed by atoms with Crippen LogP contribution < -0.4 is 14.8 Å². The van der Waals surface area contributed by atoms with Crippen LogP contribution in [0.25, 0.3) is 0 Å². The minimum absolute atomic E-state index is 0.0682. The Bertz CT molecular complexity index is 617. The van der Waals surface area contributed by atoms with Crippen molar-refractivity contribution in [1.82, 2.24) is 5.32 Å². The van der Waals surface area contributed by atoms with Gasteiger partial charge in [-0.3, -0.25) is 4.79 Å².